The van der Waals surface area contributed by atoms with E-state index >= 15 is 0 Å². The van der Waals surface area contributed by atoms with Gasteiger partial charge in [-0.15, -0.1) is 0 Å². The Labute approximate surface area is 128 Å². The Morgan fingerprint density at radius 1 is 1.23 bits per heavy atom. The summed E-state index contributed by atoms with van der Waals surface area (Å²) in [6.07, 6.45) is 0.714. The molecule has 2 N–H and O–H groups in total. The van der Waals surface area contributed by atoms with Gasteiger partial charge in [-0.25, -0.2) is 9.78 Å². The molecule has 0 fully saturated rings. The molecule has 1 aromatic carbocycles. The minimum atomic E-state index is -1.04. The summed E-state index contributed by atoms with van der Waals surface area (Å²) in [6, 6.07) is 10.5. The number of aromatic carboxylic acids is 1. The number of hydrogen-bond acceptors (Lipinski definition) is 5. The summed E-state index contributed by atoms with van der Waals surface area (Å²) in [4.78, 5) is 14.9. The van der Waals surface area contributed by atoms with E-state index in [-0.39, 0.29) is 5.69 Å². The number of carboxylic acids is 1. The largest absolute Gasteiger partial charge is 0.497 e. The first-order valence-corrected chi connectivity index (χ1v) is 6.79. The third-order valence-corrected chi connectivity index (χ3v) is 3.16. The molecule has 0 saturated heterocycles. The van der Waals surface area contributed by atoms with Crippen LogP contribution in [0.15, 0.2) is 36.4 Å². The zero-order valence-corrected chi connectivity index (χ0v) is 12.5. The van der Waals surface area contributed by atoms with E-state index in [9.17, 15) is 4.79 Å². The van der Waals surface area contributed by atoms with Gasteiger partial charge < -0.3 is 19.9 Å². The first-order chi connectivity index (χ1) is 10.6. The Morgan fingerprint density at radius 2 is 2.05 bits per heavy atom. The second kappa shape index (κ2) is 7.31. The van der Waals surface area contributed by atoms with Crippen molar-refractivity contribution in [3.8, 4) is 11.5 Å². The van der Waals surface area contributed by atoms with Crippen molar-refractivity contribution in [2.24, 2.45) is 0 Å². The SMILES string of the molecule is COc1ccc(CCNc2cccc(C(=O)O)n2)c(OC)c1. The molecule has 0 bridgehead atoms. The van der Waals surface area contributed by atoms with Gasteiger partial charge in [0.25, 0.3) is 0 Å². The number of carbonyl (C=O) groups is 1. The van der Waals surface area contributed by atoms with Crippen molar-refractivity contribution in [2.45, 2.75) is 6.42 Å². The first-order valence-electron chi connectivity index (χ1n) is 6.79. The monoisotopic (exact) mass is 302 g/mol. The summed E-state index contributed by atoms with van der Waals surface area (Å²) < 4.78 is 10.5. The number of nitrogens with zero attached hydrogens (tertiary/aromatic N) is 1. The third kappa shape index (κ3) is 3.88. The second-order valence-corrected chi connectivity index (χ2v) is 4.57. The summed E-state index contributed by atoms with van der Waals surface area (Å²) in [5.41, 5.74) is 1.05. The number of rotatable bonds is 7. The van der Waals surface area contributed by atoms with Crippen molar-refractivity contribution in [3.63, 3.8) is 0 Å². The number of aromatic nitrogens is 1. The lowest BCUT2D eigenvalue weighted by Gasteiger charge is -2.11. The molecule has 0 spiro atoms. The van der Waals surface area contributed by atoms with E-state index in [2.05, 4.69) is 10.3 Å². The smallest absolute Gasteiger partial charge is 0.354 e. The minimum Gasteiger partial charge on any atom is -0.497 e. The van der Waals surface area contributed by atoms with Gasteiger partial charge in [0.1, 0.15) is 17.3 Å². The molecule has 0 aliphatic heterocycles. The maximum atomic E-state index is 10.9. The van der Waals surface area contributed by atoms with Crippen LogP contribution in [0.25, 0.3) is 0 Å². The van der Waals surface area contributed by atoms with E-state index < -0.39 is 5.97 Å². The summed E-state index contributed by atoms with van der Waals surface area (Å²) in [6.45, 7) is 0.610. The Kier molecular flexibility index (Phi) is 5.19. The third-order valence-electron chi connectivity index (χ3n) is 3.16. The van der Waals surface area contributed by atoms with Crippen LogP contribution in [-0.4, -0.2) is 36.8 Å². The molecule has 0 saturated carbocycles. The molecule has 6 heteroatoms. The molecule has 0 radical (unpaired) electrons. The lowest BCUT2D eigenvalue weighted by Crippen LogP contribution is -2.09. The van der Waals surface area contributed by atoms with Gasteiger partial charge in [-0.3, -0.25) is 0 Å². The van der Waals surface area contributed by atoms with Crippen molar-refractivity contribution in [2.75, 3.05) is 26.1 Å². The molecule has 0 amide bonds. The van der Waals surface area contributed by atoms with Crippen molar-refractivity contribution >= 4 is 11.8 Å². The molecule has 2 aromatic rings. The van der Waals surface area contributed by atoms with Gasteiger partial charge in [0.15, 0.2) is 5.69 Å². The fourth-order valence-electron chi connectivity index (χ4n) is 2.04. The van der Waals surface area contributed by atoms with E-state index in [4.69, 9.17) is 14.6 Å². The highest BCUT2D eigenvalue weighted by molar-refractivity contribution is 5.85. The van der Waals surface area contributed by atoms with Gasteiger partial charge in [0.05, 0.1) is 14.2 Å². The van der Waals surface area contributed by atoms with Gasteiger partial charge >= 0.3 is 5.97 Å². The van der Waals surface area contributed by atoms with E-state index in [0.29, 0.717) is 18.8 Å². The highest BCUT2D eigenvalue weighted by atomic mass is 16.5. The highest BCUT2D eigenvalue weighted by Gasteiger charge is 2.07. The van der Waals surface area contributed by atoms with Crippen LogP contribution in [-0.2, 0) is 6.42 Å². The molecular formula is C16H18N2O4. The highest BCUT2D eigenvalue weighted by Crippen LogP contribution is 2.24. The fraction of sp³-hybridized carbons (Fsp3) is 0.250. The van der Waals surface area contributed by atoms with Crippen LogP contribution in [0.1, 0.15) is 16.1 Å². The standard InChI is InChI=1S/C16H18N2O4/c1-21-12-7-6-11(14(10-12)22-2)8-9-17-15-5-3-4-13(18-15)16(19)20/h3-7,10H,8-9H2,1-2H3,(H,17,18)(H,19,20). The summed E-state index contributed by atoms with van der Waals surface area (Å²) >= 11 is 0. The number of anilines is 1. The van der Waals surface area contributed by atoms with Crippen LogP contribution in [0.2, 0.25) is 0 Å². The molecule has 1 aromatic heterocycles. The van der Waals surface area contributed by atoms with Crippen molar-refractivity contribution in [1.82, 2.24) is 4.98 Å². The van der Waals surface area contributed by atoms with Crippen LogP contribution < -0.4 is 14.8 Å². The van der Waals surface area contributed by atoms with Crippen LogP contribution in [0.3, 0.4) is 0 Å². The van der Waals surface area contributed by atoms with Crippen LogP contribution in [0.4, 0.5) is 5.82 Å². The number of nitrogens with one attached hydrogen (secondary N) is 1. The van der Waals surface area contributed by atoms with E-state index in [1.807, 2.05) is 18.2 Å². The summed E-state index contributed by atoms with van der Waals surface area (Å²) in [5, 5.41) is 12.0. The number of benzene rings is 1. The van der Waals surface area contributed by atoms with Gasteiger partial charge in [-0.2, -0.15) is 0 Å². The molecule has 22 heavy (non-hydrogen) atoms. The average molecular weight is 302 g/mol. The maximum Gasteiger partial charge on any atom is 0.354 e. The number of ether oxygens (including phenoxy) is 2. The number of hydrogen-bond donors (Lipinski definition) is 2. The normalized spacial score (nSPS) is 10.1. The number of methoxy groups -OCH3 is 2. The summed E-state index contributed by atoms with van der Waals surface area (Å²) in [5.74, 6) is 0.991. The van der Waals surface area contributed by atoms with Crippen LogP contribution in [0.5, 0.6) is 11.5 Å². The van der Waals surface area contributed by atoms with Gasteiger partial charge in [-0.05, 0) is 30.2 Å². The lowest BCUT2D eigenvalue weighted by molar-refractivity contribution is 0.0690. The summed E-state index contributed by atoms with van der Waals surface area (Å²) in [7, 11) is 3.22. The Balaban J connectivity index is 1.99. The molecular weight excluding hydrogens is 284 g/mol. The Hall–Kier alpha value is -2.76. The van der Waals surface area contributed by atoms with Crippen LogP contribution in [0, 0.1) is 0 Å². The zero-order valence-electron chi connectivity index (χ0n) is 12.5. The molecule has 0 unspecified atom stereocenters. The molecule has 6 nitrogen and oxygen atoms in total. The van der Waals surface area contributed by atoms with E-state index in [0.717, 1.165) is 17.1 Å². The molecule has 0 aliphatic rings. The van der Waals surface area contributed by atoms with Crippen molar-refractivity contribution < 1.29 is 19.4 Å². The zero-order chi connectivity index (χ0) is 15.9. The predicted octanol–water partition coefficient (Wildman–Crippen LogP) is 2.45. The second-order valence-electron chi connectivity index (χ2n) is 4.57. The molecule has 116 valence electrons. The Bertz CT molecular complexity index is 658. The molecule has 1 heterocycles. The van der Waals surface area contributed by atoms with Gasteiger partial charge in [-0.1, -0.05) is 12.1 Å². The van der Waals surface area contributed by atoms with Gasteiger partial charge in [0.2, 0.25) is 0 Å². The number of carboxylic acid groups (broad SMARTS) is 1. The molecule has 2 rings (SSSR count). The van der Waals surface area contributed by atoms with Crippen molar-refractivity contribution in [1.29, 1.82) is 0 Å². The molecule has 0 atom stereocenters. The maximum absolute atomic E-state index is 10.9. The first kappa shape index (κ1) is 15.6. The number of pyridine rings is 1. The Morgan fingerprint density at radius 3 is 2.73 bits per heavy atom. The fourth-order valence-corrected chi connectivity index (χ4v) is 2.04. The van der Waals surface area contributed by atoms with Crippen molar-refractivity contribution in [3.05, 3.63) is 47.7 Å². The van der Waals surface area contributed by atoms with Crippen LogP contribution >= 0.6 is 0 Å². The predicted molar refractivity (Wildman–Crippen MR) is 82.9 cm³/mol. The van der Waals surface area contributed by atoms with E-state index in [1.165, 1.54) is 6.07 Å². The van der Waals surface area contributed by atoms with Gasteiger partial charge in [0, 0.05) is 12.6 Å². The lowest BCUT2D eigenvalue weighted by atomic mass is 10.1. The minimum absolute atomic E-state index is 0.0204. The molecule has 0 aliphatic carbocycles. The quantitative estimate of drug-likeness (QED) is 0.817. The topological polar surface area (TPSA) is 80.7 Å². The van der Waals surface area contributed by atoms with E-state index in [1.54, 1.807) is 26.4 Å². The average Bonchev–Trinajstić information content (AvgIpc) is 2.55.